The molecule has 1 N–H and O–H groups in total. The number of benzene rings is 1. The van der Waals surface area contributed by atoms with E-state index in [4.69, 9.17) is 44.3 Å². The van der Waals surface area contributed by atoms with Crippen LogP contribution < -0.4 is 0 Å². The van der Waals surface area contributed by atoms with Crippen molar-refractivity contribution < 1.29 is 29.0 Å². The Morgan fingerprint density at radius 2 is 1.77 bits per heavy atom. The predicted molar refractivity (Wildman–Crippen MR) is 116 cm³/mol. The number of alkyl halides is 3. The van der Waals surface area contributed by atoms with Gasteiger partial charge in [-0.3, -0.25) is 9.80 Å². The SMILES string of the molecule is CC(C)(C)OC(=O)N1CC(N(Cc2ccccc2)C(=O)OCC(Cl)(Cl)Cl)CC1C(=O)O. The van der Waals surface area contributed by atoms with Crippen molar-refractivity contribution in [3.05, 3.63) is 35.9 Å². The molecule has 1 aliphatic rings. The Bertz CT molecular complexity index is 794. The summed E-state index contributed by atoms with van der Waals surface area (Å²) in [5.74, 6) is -1.19. The van der Waals surface area contributed by atoms with E-state index in [2.05, 4.69) is 0 Å². The molecule has 0 radical (unpaired) electrons. The number of halogens is 3. The molecule has 172 valence electrons. The van der Waals surface area contributed by atoms with Gasteiger partial charge in [-0.1, -0.05) is 65.1 Å². The van der Waals surface area contributed by atoms with Gasteiger partial charge in [0, 0.05) is 19.5 Å². The molecule has 1 aromatic carbocycles. The highest BCUT2D eigenvalue weighted by molar-refractivity contribution is 6.67. The minimum absolute atomic E-state index is 0.00424. The summed E-state index contributed by atoms with van der Waals surface area (Å²) in [5.41, 5.74) is -0.0124. The van der Waals surface area contributed by atoms with Crippen molar-refractivity contribution in [2.45, 2.75) is 55.2 Å². The quantitative estimate of drug-likeness (QED) is 0.606. The van der Waals surface area contributed by atoms with Crippen LogP contribution in [0.25, 0.3) is 0 Å². The highest BCUT2D eigenvalue weighted by Crippen LogP contribution is 2.29. The number of carbonyl (C=O) groups is 3. The van der Waals surface area contributed by atoms with Gasteiger partial charge >= 0.3 is 18.2 Å². The van der Waals surface area contributed by atoms with Crippen molar-refractivity contribution in [1.82, 2.24) is 9.80 Å². The predicted octanol–water partition coefficient (Wildman–Crippen LogP) is 4.46. The van der Waals surface area contributed by atoms with Gasteiger partial charge in [0.25, 0.3) is 0 Å². The first-order chi connectivity index (χ1) is 14.3. The van der Waals surface area contributed by atoms with Crippen molar-refractivity contribution >= 4 is 53.0 Å². The summed E-state index contributed by atoms with van der Waals surface area (Å²) in [6.45, 7) is 4.66. The van der Waals surface area contributed by atoms with E-state index >= 15 is 0 Å². The minimum atomic E-state index is -1.80. The molecule has 1 aromatic rings. The summed E-state index contributed by atoms with van der Waals surface area (Å²) in [7, 11) is 0. The van der Waals surface area contributed by atoms with Crippen LogP contribution in [0.2, 0.25) is 0 Å². The third-order valence-corrected chi connectivity index (χ3v) is 4.75. The molecule has 0 aliphatic carbocycles. The van der Waals surface area contributed by atoms with E-state index < -0.39 is 46.2 Å². The van der Waals surface area contributed by atoms with E-state index in [1.165, 1.54) is 4.90 Å². The molecule has 2 rings (SSSR count). The van der Waals surface area contributed by atoms with Gasteiger partial charge in [0.1, 0.15) is 18.2 Å². The number of aliphatic carboxylic acids is 1. The van der Waals surface area contributed by atoms with Crippen LogP contribution in [-0.2, 0) is 20.8 Å². The zero-order valence-electron chi connectivity index (χ0n) is 17.4. The Morgan fingerprint density at radius 1 is 1.16 bits per heavy atom. The molecule has 31 heavy (non-hydrogen) atoms. The van der Waals surface area contributed by atoms with E-state index in [9.17, 15) is 19.5 Å². The first-order valence-electron chi connectivity index (χ1n) is 9.53. The highest BCUT2D eigenvalue weighted by Gasteiger charge is 2.45. The molecule has 11 heteroatoms. The molecule has 1 aliphatic heterocycles. The van der Waals surface area contributed by atoms with Gasteiger partial charge in [-0.15, -0.1) is 0 Å². The van der Waals surface area contributed by atoms with Gasteiger partial charge in [-0.2, -0.15) is 0 Å². The Kier molecular flexibility index (Phi) is 8.30. The number of carboxylic acid groups (broad SMARTS) is 1. The molecule has 1 fully saturated rings. The fourth-order valence-corrected chi connectivity index (χ4v) is 3.31. The molecule has 8 nitrogen and oxygen atoms in total. The fraction of sp³-hybridized carbons (Fsp3) is 0.550. The zero-order valence-corrected chi connectivity index (χ0v) is 19.7. The Morgan fingerprint density at radius 3 is 2.29 bits per heavy atom. The van der Waals surface area contributed by atoms with Crippen LogP contribution in [0.15, 0.2) is 30.3 Å². The fourth-order valence-electron chi connectivity index (χ4n) is 3.15. The number of likely N-dealkylation sites (tertiary alicyclic amines) is 1. The van der Waals surface area contributed by atoms with Crippen molar-refractivity contribution in [2.24, 2.45) is 0 Å². The van der Waals surface area contributed by atoms with Gasteiger partial charge in [-0.05, 0) is 26.3 Å². The molecular formula is C20H25Cl3N2O6. The van der Waals surface area contributed by atoms with Gasteiger partial charge < -0.3 is 14.6 Å². The zero-order chi connectivity index (χ0) is 23.4. The first kappa shape index (κ1) is 25.4. The average Bonchev–Trinajstić information content (AvgIpc) is 3.09. The minimum Gasteiger partial charge on any atom is -0.480 e. The number of carboxylic acids is 1. The number of hydrogen-bond acceptors (Lipinski definition) is 5. The molecular weight excluding hydrogens is 471 g/mol. The molecule has 0 saturated carbocycles. The maximum absolute atomic E-state index is 12.8. The van der Waals surface area contributed by atoms with Gasteiger partial charge in [0.15, 0.2) is 0 Å². The van der Waals surface area contributed by atoms with E-state index in [1.54, 1.807) is 20.8 Å². The van der Waals surface area contributed by atoms with Crippen molar-refractivity contribution in [1.29, 1.82) is 0 Å². The molecule has 0 spiro atoms. The number of carbonyl (C=O) groups excluding carboxylic acids is 2. The summed E-state index contributed by atoms with van der Waals surface area (Å²) < 4.78 is 8.68. The second-order valence-electron chi connectivity index (χ2n) is 8.16. The highest BCUT2D eigenvalue weighted by atomic mass is 35.6. The largest absolute Gasteiger partial charge is 0.480 e. The van der Waals surface area contributed by atoms with Crippen molar-refractivity contribution in [3.63, 3.8) is 0 Å². The van der Waals surface area contributed by atoms with Crippen LogP contribution in [-0.4, -0.2) is 67.7 Å². The number of amides is 2. The summed E-state index contributed by atoms with van der Waals surface area (Å²) in [5, 5.41) is 9.63. The Hall–Kier alpha value is -1.90. The number of rotatable bonds is 5. The average molecular weight is 496 g/mol. The van der Waals surface area contributed by atoms with Crippen LogP contribution >= 0.6 is 34.8 Å². The molecule has 0 aromatic heterocycles. The van der Waals surface area contributed by atoms with Crippen LogP contribution in [0.4, 0.5) is 9.59 Å². The van der Waals surface area contributed by atoms with Crippen molar-refractivity contribution in [3.8, 4) is 0 Å². The number of hydrogen-bond donors (Lipinski definition) is 1. The summed E-state index contributed by atoms with van der Waals surface area (Å²) in [6.07, 6.45) is -1.54. The summed E-state index contributed by atoms with van der Waals surface area (Å²) >= 11 is 17.0. The lowest BCUT2D eigenvalue weighted by Gasteiger charge is -2.29. The number of ether oxygens (including phenoxy) is 2. The lowest BCUT2D eigenvalue weighted by atomic mass is 10.1. The van der Waals surface area contributed by atoms with Crippen LogP contribution in [0.1, 0.15) is 32.8 Å². The first-order valence-corrected chi connectivity index (χ1v) is 10.7. The topological polar surface area (TPSA) is 96.4 Å². The lowest BCUT2D eigenvalue weighted by Crippen LogP contribution is -2.45. The lowest BCUT2D eigenvalue weighted by molar-refractivity contribution is -0.142. The van der Waals surface area contributed by atoms with Crippen LogP contribution in [0.5, 0.6) is 0 Å². The van der Waals surface area contributed by atoms with Crippen LogP contribution in [0.3, 0.4) is 0 Å². The van der Waals surface area contributed by atoms with Gasteiger partial charge in [-0.25, -0.2) is 14.4 Å². The van der Waals surface area contributed by atoms with E-state index in [-0.39, 0.29) is 19.5 Å². The van der Waals surface area contributed by atoms with Gasteiger partial charge in [0.2, 0.25) is 3.79 Å². The standard InChI is InChI=1S/C20H25Cl3N2O6/c1-19(2,3)31-18(29)25-11-14(9-15(25)16(26)27)24(10-13-7-5-4-6-8-13)17(28)30-12-20(21,22)23/h4-8,14-15H,9-12H2,1-3H3,(H,26,27). The normalized spacial score (nSPS) is 19.1. The molecule has 2 atom stereocenters. The Labute approximate surface area is 195 Å². The molecule has 2 unspecified atom stereocenters. The van der Waals surface area contributed by atoms with E-state index in [0.29, 0.717) is 0 Å². The summed E-state index contributed by atoms with van der Waals surface area (Å²) in [6, 6.07) is 7.27. The maximum Gasteiger partial charge on any atom is 0.411 e. The van der Waals surface area contributed by atoms with Crippen molar-refractivity contribution in [2.75, 3.05) is 13.2 Å². The molecule has 0 bridgehead atoms. The Balaban J connectivity index is 2.26. The second kappa shape index (κ2) is 10.1. The summed E-state index contributed by atoms with van der Waals surface area (Å²) in [4.78, 5) is 39.6. The third kappa shape index (κ3) is 7.94. The van der Waals surface area contributed by atoms with Gasteiger partial charge in [0.05, 0.1) is 6.04 Å². The second-order valence-corrected chi connectivity index (χ2v) is 10.7. The van der Waals surface area contributed by atoms with E-state index in [1.807, 2.05) is 30.3 Å². The third-order valence-electron chi connectivity index (χ3n) is 4.42. The molecule has 2 amide bonds. The molecule has 1 saturated heterocycles. The molecule has 1 heterocycles. The van der Waals surface area contributed by atoms with Crippen LogP contribution in [0, 0.1) is 0 Å². The van der Waals surface area contributed by atoms with E-state index in [0.717, 1.165) is 10.5 Å². The smallest absolute Gasteiger partial charge is 0.411 e. The monoisotopic (exact) mass is 494 g/mol. The number of nitrogens with zero attached hydrogens (tertiary/aromatic N) is 2. The maximum atomic E-state index is 12.8.